The van der Waals surface area contributed by atoms with E-state index in [1.165, 1.54) is 11.1 Å². The van der Waals surface area contributed by atoms with Crippen LogP contribution in [0.15, 0.2) is 53.6 Å². The highest BCUT2D eigenvalue weighted by molar-refractivity contribution is 5.96. The fourth-order valence-electron chi connectivity index (χ4n) is 2.03. The molecule has 0 amide bonds. The largest absolute Gasteiger partial charge is 0.294 e. The Morgan fingerprint density at radius 3 is 2.19 bits per heavy atom. The second kappa shape index (κ2) is 4.48. The third-order valence-electron chi connectivity index (χ3n) is 3.07. The number of benzene rings is 1. The van der Waals surface area contributed by atoms with Crippen LogP contribution in [0.25, 0.3) is 0 Å². The van der Waals surface area contributed by atoms with Crippen molar-refractivity contribution in [3.05, 3.63) is 59.2 Å². The Balaban J connectivity index is 2.05. The van der Waals surface area contributed by atoms with Crippen LogP contribution in [0.2, 0.25) is 0 Å². The normalized spacial score (nSPS) is 15.9. The number of ketones is 1. The molecule has 0 atom stereocenters. The predicted octanol–water partition coefficient (Wildman–Crippen LogP) is 3.78. The quantitative estimate of drug-likeness (QED) is 0.697. The van der Waals surface area contributed by atoms with Crippen molar-refractivity contribution in [1.29, 1.82) is 0 Å². The first-order valence-electron chi connectivity index (χ1n) is 5.62. The van der Waals surface area contributed by atoms with Gasteiger partial charge in [0.25, 0.3) is 0 Å². The van der Waals surface area contributed by atoms with Crippen LogP contribution in [0.1, 0.15) is 30.6 Å². The molecule has 0 N–H and O–H groups in total. The average Bonchev–Trinajstić information content (AvgIpc) is 2.59. The topological polar surface area (TPSA) is 17.1 Å². The van der Waals surface area contributed by atoms with Crippen molar-refractivity contribution in [3.8, 4) is 0 Å². The van der Waals surface area contributed by atoms with Gasteiger partial charge in [-0.15, -0.1) is 0 Å². The molecule has 16 heavy (non-hydrogen) atoms. The van der Waals surface area contributed by atoms with Gasteiger partial charge in [-0.05, 0) is 13.8 Å². The number of Topliss-reactive ketones (excluding diaryl/α,β-unsaturated/α-hetero) is 1. The fourth-order valence-corrected chi connectivity index (χ4v) is 2.03. The molecule has 2 rings (SSSR count). The molecule has 1 aliphatic carbocycles. The van der Waals surface area contributed by atoms with Gasteiger partial charge in [-0.25, -0.2) is 0 Å². The molecule has 0 heterocycles. The molecule has 1 aromatic carbocycles. The number of hydrogen-bond acceptors (Lipinski definition) is 1. The summed E-state index contributed by atoms with van der Waals surface area (Å²) in [6.07, 6.45) is 4.94. The minimum absolute atomic E-state index is 0.223. The maximum atomic E-state index is 12.0. The highest BCUT2D eigenvalue weighted by atomic mass is 16.1. The first-order chi connectivity index (χ1) is 7.66. The van der Waals surface area contributed by atoms with Crippen LogP contribution in [0, 0.1) is 5.92 Å². The first kappa shape index (κ1) is 10.9. The molecule has 0 bridgehead atoms. The van der Waals surface area contributed by atoms with Crippen LogP contribution in [0.5, 0.6) is 0 Å². The molecule has 1 aromatic rings. The Kier molecular flexibility index (Phi) is 3.04. The maximum absolute atomic E-state index is 12.0. The van der Waals surface area contributed by atoms with E-state index in [-0.39, 0.29) is 11.7 Å². The molecule has 0 unspecified atom stereocenters. The van der Waals surface area contributed by atoms with Gasteiger partial charge in [-0.2, -0.15) is 0 Å². The predicted molar refractivity (Wildman–Crippen MR) is 66.4 cm³/mol. The summed E-state index contributed by atoms with van der Waals surface area (Å²) < 4.78 is 0. The van der Waals surface area contributed by atoms with Gasteiger partial charge in [-0.3, -0.25) is 4.79 Å². The summed E-state index contributed by atoms with van der Waals surface area (Å²) in [7, 11) is 0. The Bertz CT molecular complexity index is 434. The van der Waals surface area contributed by atoms with E-state index in [0.717, 1.165) is 5.56 Å². The van der Waals surface area contributed by atoms with Crippen LogP contribution < -0.4 is 0 Å². The molecular formula is C15H16O. The maximum Gasteiger partial charge on any atom is 0.163 e. The number of rotatable bonds is 3. The van der Waals surface area contributed by atoms with E-state index in [1.54, 1.807) is 0 Å². The molecule has 1 nitrogen and oxygen atoms in total. The second-order valence-electron chi connectivity index (χ2n) is 4.36. The lowest BCUT2D eigenvalue weighted by molar-refractivity contribution is 0.0975. The number of allylic oxidation sites excluding steroid dienone is 4. The van der Waals surface area contributed by atoms with E-state index in [2.05, 4.69) is 26.0 Å². The van der Waals surface area contributed by atoms with Crippen molar-refractivity contribution in [2.24, 2.45) is 5.92 Å². The van der Waals surface area contributed by atoms with Crippen molar-refractivity contribution in [2.45, 2.75) is 20.3 Å². The second-order valence-corrected chi connectivity index (χ2v) is 4.36. The van der Waals surface area contributed by atoms with Gasteiger partial charge in [0.15, 0.2) is 5.78 Å². The number of carbonyl (C=O) groups excluding carboxylic acids is 1. The Hall–Kier alpha value is -1.63. The van der Waals surface area contributed by atoms with Crippen molar-refractivity contribution in [2.75, 3.05) is 0 Å². The highest BCUT2D eigenvalue weighted by Crippen LogP contribution is 2.26. The van der Waals surface area contributed by atoms with Crippen molar-refractivity contribution >= 4 is 5.78 Å². The minimum Gasteiger partial charge on any atom is -0.294 e. The molecule has 0 aliphatic heterocycles. The van der Waals surface area contributed by atoms with Crippen LogP contribution in [0.4, 0.5) is 0 Å². The third kappa shape index (κ3) is 2.30. The molecule has 0 spiro atoms. The third-order valence-corrected chi connectivity index (χ3v) is 3.07. The molecule has 0 radical (unpaired) electrons. The zero-order valence-corrected chi connectivity index (χ0v) is 9.73. The Labute approximate surface area is 96.5 Å². The van der Waals surface area contributed by atoms with Crippen LogP contribution in [-0.2, 0) is 0 Å². The first-order valence-corrected chi connectivity index (χ1v) is 5.62. The molecule has 0 saturated carbocycles. The van der Waals surface area contributed by atoms with E-state index in [9.17, 15) is 4.79 Å². The summed E-state index contributed by atoms with van der Waals surface area (Å²) in [5, 5.41) is 0. The molecule has 0 saturated heterocycles. The molecule has 82 valence electrons. The van der Waals surface area contributed by atoms with Gasteiger partial charge < -0.3 is 0 Å². The number of carbonyl (C=O) groups is 1. The summed E-state index contributed by atoms with van der Waals surface area (Å²) in [6, 6.07) is 9.50. The zero-order valence-electron chi connectivity index (χ0n) is 9.73. The van der Waals surface area contributed by atoms with E-state index < -0.39 is 0 Å². The highest BCUT2D eigenvalue weighted by Gasteiger charge is 2.16. The van der Waals surface area contributed by atoms with Gasteiger partial charge in [0, 0.05) is 17.9 Å². The average molecular weight is 212 g/mol. The molecule has 1 aliphatic rings. The summed E-state index contributed by atoms with van der Waals surface area (Å²) >= 11 is 0. The summed E-state index contributed by atoms with van der Waals surface area (Å²) in [6.45, 7) is 4.19. The van der Waals surface area contributed by atoms with E-state index in [0.29, 0.717) is 6.42 Å². The van der Waals surface area contributed by atoms with E-state index >= 15 is 0 Å². The van der Waals surface area contributed by atoms with Crippen LogP contribution in [-0.4, -0.2) is 5.78 Å². The zero-order chi connectivity index (χ0) is 11.5. The lowest BCUT2D eigenvalue weighted by Gasteiger charge is -2.04. The Morgan fingerprint density at radius 2 is 1.62 bits per heavy atom. The van der Waals surface area contributed by atoms with Gasteiger partial charge >= 0.3 is 0 Å². The molecular weight excluding hydrogens is 196 g/mol. The molecule has 0 aromatic heterocycles. The SMILES string of the molecule is CC1=CC(CC(=O)c2ccccc2)C=C1C. The van der Waals surface area contributed by atoms with Crippen molar-refractivity contribution in [1.82, 2.24) is 0 Å². The molecule has 1 heteroatoms. The standard InChI is InChI=1S/C15H16O/c1-11-8-13(9-12(11)2)10-15(16)14-6-4-3-5-7-14/h3-9,13H,10H2,1-2H3. The van der Waals surface area contributed by atoms with Crippen molar-refractivity contribution < 1.29 is 4.79 Å². The summed E-state index contributed by atoms with van der Waals surface area (Å²) in [4.78, 5) is 12.0. The van der Waals surface area contributed by atoms with Crippen LogP contribution >= 0.6 is 0 Å². The van der Waals surface area contributed by atoms with E-state index in [4.69, 9.17) is 0 Å². The summed E-state index contributed by atoms with van der Waals surface area (Å²) in [5.41, 5.74) is 3.41. The Morgan fingerprint density at radius 1 is 1.06 bits per heavy atom. The van der Waals surface area contributed by atoms with Gasteiger partial charge in [0.1, 0.15) is 0 Å². The number of hydrogen-bond donors (Lipinski definition) is 0. The van der Waals surface area contributed by atoms with Gasteiger partial charge in [-0.1, -0.05) is 53.6 Å². The van der Waals surface area contributed by atoms with Crippen molar-refractivity contribution in [3.63, 3.8) is 0 Å². The lowest BCUT2D eigenvalue weighted by Crippen LogP contribution is -2.03. The lowest BCUT2D eigenvalue weighted by atomic mass is 9.99. The van der Waals surface area contributed by atoms with Gasteiger partial charge in [0.05, 0.1) is 0 Å². The fraction of sp³-hybridized carbons (Fsp3) is 0.267. The van der Waals surface area contributed by atoms with Gasteiger partial charge in [0.2, 0.25) is 0 Å². The smallest absolute Gasteiger partial charge is 0.163 e. The molecule has 0 fully saturated rings. The minimum atomic E-state index is 0.223. The monoisotopic (exact) mass is 212 g/mol. The van der Waals surface area contributed by atoms with Crippen LogP contribution in [0.3, 0.4) is 0 Å². The van der Waals surface area contributed by atoms with E-state index in [1.807, 2.05) is 30.3 Å². The summed E-state index contributed by atoms with van der Waals surface area (Å²) in [5.74, 6) is 0.508.